The van der Waals surface area contributed by atoms with Crippen LogP contribution in [-0.2, 0) is 0 Å². The highest BCUT2D eigenvalue weighted by molar-refractivity contribution is 5.10. The molecule has 0 spiro atoms. The van der Waals surface area contributed by atoms with Crippen LogP contribution in [0.25, 0.3) is 0 Å². The summed E-state index contributed by atoms with van der Waals surface area (Å²) in [5.41, 5.74) is 1.04. The summed E-state index contributed by atoms with van der Waals surface area (Å²) in [6.07, 6.45) is 3.96. The number of aliphatic hydroxyl groups is 2. The topological polar surface area (TPSA) is 40.5 Å². The van der Waals surface area contributed by atoms with Crippen molar-refractivity contribution < 1.29 is 10.2 Å². The highest BCUT2D eigenvalue weighted by Gasteiger charge is 2.33. The van der Waals surface area contributed by atoms with Gasteiger partial charge >= 0.3 is 0 Å². The van der Waals surface area contributed by atoms with Crippen LogP contribution in [0.4, 0.5) is 0 Å². The molecule has 1 aliphatic rings. The summed E-state index contributed by atoms with van der Waals surface area (Å²) in [4.78, 5) is 0. The highest BCUT2D eigenvalue weighted by Crippen LogP contribution is 2.37. The van der Waals surface area contributed by atoms with E-state index in [2.05, 4.69) is 19.9 Å². The number of rotatable bonds is 2. The van der Waals surface area contributed by atoms with Gasteiger partial charge in [0.25, 0.3) is 0 Å². The molecule has 0 saturated carbocycles. The lowest BCUT2D eigenvalue weighted by Crippen LogP contribution is -2.34. The summed E-state index contributed by atoms with van der Waals surface area (Å²) < 4.78 is 0. The van der Waals surface area contributed by atoms with Gasteiger partial charge in [-0.1, -0.05) is 18.6 Å². The van der Waals surface area contributed by atoms with Crippen molar-refractivity contribution in [2.24, 2.45) is 11.3 Å². The van der Waals surface area contributed by atoms with Gasteiger partial charge in [0.05, 0.1) is 13.2 Å². The molecule has 70 valence electrons. The van der Waals surface area contributed by atoms with E-state index in [1.165, 1.54) is 5.57 Å². The molecule has 0 saturated heterocycles. The fourth-order valence-corrected chi connectivity index (χ4v) is 2.24. The number of hydrogen-bond acceptors (Lipinski definition) is 2. The molecule has 0 radical (unpaired) electrons. The molecule has 0 fully saturated rings. The van der Waals surface area contributed by atoms with Gasteiger partial charge in [0.1, 0.15) is 0 Å². The van der Waals surface area contributed by atoms with Crippen LogP contribution in [0.15, 0.2) is 11.6 Å². The van der Waals surface area contributed by atoms with Crippen LogP contribution in [0.3, 0.4) is 0 Å². The van der Waals surface area contributed by atoms with Gasteiger partial charge in [-0.15, -0.1) is 0 Å². The second-order valence-corrected chi connectivity index (χ2v) is 4.19. The molecule has 0 bridgehead atoms. The van der Waals surface area contributed by atoms with E-state index in [4.69, 9.17) is 0 Å². The Balaban J connectivity index is 2.75. The minimum atomic E-state index is -0.252. The molecule has 2 heteroatoms. The first-order chi connectivity index (χ1) is 5.62. The Morgan fingerprint density at radius 1 is 1.50 bits per heavy atom. The molecule has 2 N–H and O–H groups in total. The molecule has 0 aromatic rings. The summed E-state index contributed by atoms with van der Waals surface area (Å²) in [6.45, 7) is 4.39. The lowest BCUT2D eigenvalue weighted by molar-refractivity contribution is 0.0346. The Morgan fingerprint density at radius 3 is 2.50 bits per heavy atom. The quantitative estimate of drug-likeness (QED) is 0.614. The van der Waals surface area contributed by atoms with Gasteiger partial charge in [-0.05, 0) is 25.7 Å². The van der Waals surface area contributed by atoms with E-state index in [1.54, 1.807) is 0 Å². The largest absolute Gasteiger partial charge is 0.396 e. The molecule has 0 heterocycles. The number of allylic oxidation sites excluding steroid dienone is 2. The zero-order valence-corrected chi connectivity index (χ0v) is 7.88. The minimum Gasteiger partial charge on any atom is -0.396 e. The fourth-order valence-electron chi connectivity index (χ4n) is 2.24. The van der Waals surface area contributed by atoms with Crippen molar-refractivity contribution >= 4 is 0 Å². The van der Waals surface area contributed by atoms with Gasteiger partial charge in [-0.3, -0.25) is 0 Å². The average Bonchev–Trinajstić information content (AvgIpc) is 2.02. The first kappa shape index (κ1) is 9.75. The van der Waals surface area contributed by atoms with Crippen molar-refractivity contribution in [2.45, 2.75) is 26.7 Å². The normalized spacial score (nSPS) is 28.3. The molecule has 1 aliphatic carbocycles. The van der Waals surface area contributed by atoms with Crippen molar-refractivity contribution in [1.29, 1.82) is 0 Å². The van der Waals surface area contributed by atoms with Gasteiger partial charge in [0.2, 0.25) is 0 Å². The maximum absolute atomic E-state index is 9.19. The van der Waals surface area contributed by atoms with Crippen LogP contribution in [0.5, 0.6) is 0 Å². The third-order valence-electron chi connectivity index (χ3n) is 2.65. The molecule has 0 aromatic carbocycles. The van der Waals surface area contributed by atoms with Crippen LogP contribution in [-0.4, -0.2) is 23.4 Å². The van der Waals surface area contributed by atoms with Gasteiger partial charge in [0, 0.05) is 5.41 Å². The second-order valence-electron chi connectivity index (χ2n) is 4.19. The molecule has 1 rings (SSSR count). The van der Waals surface area contributed by atoms with Crippen LogP contribution in [0, 0.1) is 11.3 Å². The molecule has 1 atom stereocenters. The fraction of sp³-hybridized carbons (Fsp3) is 0.800. The SMILES string of the molecule is CC1=CC(C)CC(CO)(CO)C1. The lowest BCUT2D eigenvalue weighted by Gasteiger charge is -2.36. The second kappa shape index (κ2) is 3.58. The Hall–Kier alpha value is -0.340. The van der Waals surface area contributed by atoms with Gasteiger partial charge in [0.15, 0.2) is 0 Å². The summed E-state index contributed by atoms with van der Waals surface area (Å²) in [6, 6.07) is 0. The predicted octanol–water partition coefficient (Wildman–Crippen LogP) is 1.33. The highest BCUT2D eigenvalue weighted by atomic mass is 16.3. The first-order valence-corrected chi connectivity index (χ1v) is 4.51. The lowest BCUT2D eigenvalue weighted by atomic mass is 9.72. The van der Waals surface area contributed by atoms with E-state index in [0.717, 1.165) is 12.8 Å². The first-order valence-electron chi connectivity index (χ1n) is 4.51. The molecule has 0 aromatic heterocycles. The minimum absolute atomic E-state index is 0.0962. The zero-order chi connectivity index (χ0) is 9.19. The van der Waals surface area contributed by atoms with E-state index in [1.807, 2.05) is 0 Å². The van der Waals surface area contributed by atoms with E-state index in [9.17, 15) is 10.2 Å². The van der Waals surface area contributed by atoms with Crippen LogP contribution < -0.4 is 0 Å². The summed E-state index contributed by atoms with van der Waals surface area (Å²) >= 11 is 0. The maximum Gasteiger partial charge on any atom is 0.0512 e. The third kappa shape index (κ3) is 1.87. The smallest absolute Gasteiger partial charge is 0.0512 e. The average molecular weight is 170 g/mol. The van der Waals surface area contributed by atoms with E-state index < -0.39 is 0 Å². The monoisotopic (exact) mass is 170 g/mol. The third-order valence-corrected chi connectivity index (χ3v) is 2.65. The van der Waals surface area contributed by atoms with Crippen LogP contribution in [0.2, 0.25) is 0 Å². The summed E-state index contributed by atoms with van der Waals surface area (Å²) in [7, 11) is 0. The molecule has 12 heavy (non-hydrogen) atoms. The zero-order valence-electron chi connectivity index (χ0n) is 7.88. The molecule has 1 unspecified atom stereocenters. The Labute approximate surface area is 73.9 Å². The van der Waals surface area contributed by atoms with Gasteiger partial charge in [-0.25, -0.2) is 0 Å². The van der Waals surface area contributed by atoms with E-state index in [0.29, 0.717) is 5.92 Å². The molecule has 2 nitrogen and oxygen atoms in total. The Morgan fingerprint density at radius 2 is 2.08 bits per heavy atom. The van der Waals surface area contributed by atoms with E-state index in [-0.39, 0.29) is 18.6 Å². The molecular weight excluding hydrogens is 152 g/mol. The standard InChI is InChI=1S/C10H18O2/c1-8-3-9(2)5-10(4-8,6-11)7-12/h3,8,11-12H,4-7H2,1-2H3. The molecule has 0 amide bonds. The number of aliphatic hydroxyl groups excluding tert-OH is 2. The van der Waals surface area contributed by atoms with Crippen LogP contribution in [0.1, 0.15) is 26.7 Å². The van der Waals surface area contributed by atoms with E-state index >= 15 is 0 Å². The van der Waals surface area contributed by atoms with Crippen molar-refractivity contribution in [3.63, 3.8) is 0 Å². The Kier molecular flexibility index (Phi) is 2.91. The molecular formula is C10H18O2. The van der Waals surface area contributed by atoms with Crippen molar-refractivity contribution in [2.75, 3.05) is 13.2 Å². The Bertz CT molecular complexity index is 180. The van der Waals surface area contributed by atoms with Crippen molar-refractivity contribution in [3.8, 4) is 0 Å². The summed E-state index contributed by atoms with van der Waals surface area (Å²) in [5.74, 6) is 0.484. The van der Waals surface area contributed by atoms with Gasteiger partial charge < -0.3 is 10.2 Å². The van der Waals surface area contributed by atoms with Gasteiger partial charge in [-0.2, -0.15) is 0 Å². The predicted molar refractivity (Wildman–Crippen MR) is 48.8 cm³/mol. The maximum atomic E-state index is 9.19. The summed E-state index contributed by atoms with van der Waals surface area (Å²) in [5, 5.41) is 18.4. The van der Waals surface area contributed by atoms with Crippen LogP contribution >= 0.6 is 0 Å². The number of hydrogen-bond donors (Lipinski definition) is 2. The van der Waals surface area contributed by atoms with Crippen molar-refractivity contribution in [3.05, 3.63) is 11.6 Å². The van der Waals surface area contributed by atoms with Crippen molar-refractivity contribution in [1.82, 2.24) is 0 Å². The molecule has 0 aliphatic heterocycles.